The van der Waals surface area contributed by atoms with Crippen molar-refractivity contribution in [2.24, 2.45) is 0 Å². The number of phenolic OH excluding ortho intramolecular Hbond substituents is 1. The molecular weight excluding hydrogens is 139 g/mol. The number of hydrogen-bond donors (Lipinski definition) is 1. The molecule has 0 aliphatic carbocycles. The fourth-order valence-electron chi connectivity index (χ4n) is 0.428. The smallest absolute Gasteiger partial charge is 0.857 e. The van der Waals surface area contributed by atoms with E-state index in [1.165, 1.54) is 0 Å². The molecule has 10 heavy (non-hydrogen) atoms. The van der Waals surface area contributed by atoms with Gasteiger partial charge in [0.2, 0.25) is 0 Å². The summed E-state index contributed by atoms with van der Waals surface area (Å²) in [7, 11) is 0.750. The number of benzene rings is 1. The van der Waals surface area contributed by atoms with E-state index in [1.54, 1.807) is 24.3 Å². The number of aromatic hydroxyl groups is 1. The zero-order valence-electron chi connectivity index (χ0n) is 6.24. The van der Waals surface area contributed by atoms with E-state index in [0.717, 1.165) is 7.11 Å². The largest absolute Gasteiger partial charge is 1.00 e. The third-order valence-corrected chi connectivity index (χ3v) is 0.756. The van der Waals surface area contributed by atoms with Gasteiger partial charge in [-0.2, -0.15) is 7.11 Å². The molecule has 0 aromatic heterocycles. The Morgan fingerprint density at radius 2 is 1.50 bits per heavy atom. The average Bonchev–Trinajstić information content (AvgIpc) is 1.94. The average molecular weight is 148 g/mol. The SMILES string of the molecule is C[O-].Oc1ccccc1.[Na+]. The molecule has 0 radical (unpaired) electrons. The molecule has 0 saturated carbocycles. The van der Waals surface area contributed by atoms with Crippen molar-refractivity contribution in [3.63, 3.8) is 0 Å². The van der Waals surface area contributed by atoms with Crippen molar-refractivity contribution in [2.45, 2.75) is 0 Å². The third-order valence-electron chi connectivity index (χ3n) is 0.756. The first-order chi connectivity index (χ1) is 4.39. The van der Waals surface area contributed by atoms with Gasteiger partial charge in [-0.05, 0) is 12.1 Å². The van der Waals surface area contributed by atoms with Gasteiger partial charge in [0.05, 0.1) is 0 Å². The first kappa shape index (κ1) is 12.6. The van der Waals surface area contributed by atoms with Gasteiger partial charge in [-0.1, -0.05) is 18.2 Å². The van der Waals surface area contributed by atoms with E-state index >= 15 is 0 Å². The summed E-state index contributed by atoms with van der Waals surface area (Å²) in [4.78, 5) is 0. The molecule has 1 aromatic rings. The van der Waals surface area contributed by atoms with Crippen LogP contribution in [0.2, 0.25) is 0 Å². The predicted octanol–water partition coefficient (Wildman–Crippen LogP) is -2.63. The standard InChI is InChI=1S/C6H6O.CH3O.Na/c7-6-4-2-1-3-5-6;1-2;/h1-5,7H;1H3;/q;-1;+1. The Kier molecular flexibility index (Phi) is 11.3. The van der Waals surface area contributed by atoms with Crippen LogP contribution >= 0.6 is 0 Å². The van der Waals surface area contributed by atoms with Crippen LogP contribution in [0.3, 0.4) is 0 Å². The number of rotatable bonds is 0. The zero-order chi connectivity index (χ0) is 7.11. The molecule has 0 heterocycles. The van der Waals surface area contributed by atoms with Crippen molar-refractivity contribution in [3.8, 4) is 5.75 Å². The Morgan fingerprint density at radius 3 is 1.70 bits per heavy atom. The topological polar surface area (TPSA) is 43.3 Å². The van der Waals surface area contributed by atoms with Gasteiger partial charge in [-0.15, -0.1) is 0 Å². The molecule has 0 aliphatic rings. The van der Waals surface area contributed by atoms with E-state index in [0.29, 0.717) is 5.75 Å². The molecule has 3 heteroatoms. The van der Waals surface area contributed by atoms with Crippen molar-refractivity contribution in [2.75, 3.05) is 7.11 Å². The van der Waals surface area contributed by atoms with Gasteiger partial charge in [-0.3, -0.25) is 0 Å². The summed E-state index contributed by atoms with van der Waals surface area (Å²) in [6, 6.07) is 8.71. The molecule has 0 aliphatic heterocycles. The minimum Gasteiger partial charge on any atom is -0.857 e. The fourth-order valence-corrected chi connectivity index (χ4v) is 0.428. The van der Waals surface area contributed by atoms with Crippen molar-refractivity contribution in [1.82, 2.24) is 0 Å². The molecule has 0 bridgehead atoms. The van der Waals surface area contributed by atoms with Gasteiger partial charge in [0.15, 0.2) is 0 Å². The molecule has 0 amide bonds. The maximum Gasteiger partial charge on any atom is 1.00 e. The summed E-state index contributed by atoms with van der Waals surface area (Å²) in [5.41, 5.74) is 0. The molecule has 0 atom stereocenters. The van der Waals surface area contributed by atoms with Crippen LogP contribution in [0.4, 0.5) is 0 Å². The maximum atomic E-state index is 8.63. The second kappa shape index (κ2) is 8.98. The Balaban J connectivity index is 0. The van der Waals surface area contributed by atoms with E-state index in [1.807, 2.05) is 6.07 Å². The quantitative estimate of drug-likeness (QED) is 0.409. The van der Waals surface area contributed by atoms with Gasteiger partial charge < -0.3 is 10.2 Å². The number of hydrogen-bond acceptors (Lipinski definition) is 2. The van der Waals surface area contributed by atoms with Crippen LogP contribution in [0.1, 0.15) is 0 Å². The third kappa shape index (κ3) is 6.11. The van der Waals surface area contributed by atoms with E-state index in [-0.39, 0.29) is 29.6 Å². The molecule has 50 valence electrons. The van der Waals surface area contributed by atoms with Crippen molar-refractivity contribution >= 4 is 0 Å². The van der Waals surface area contributed by atoms with Gasteiger partial charge in [0, 0.05) is 0 Å². The van der Waals surface area contributed by atoms with E-state index in [9.17, 15) is 0 Å². The summed E-state index contributed by atoms with van der Waals surface area (Å²) in [6.45, 7) is 0. The Hall–Kier alpha value is -0.0200. The van der Waals surface area contributed by atoms with Crippen LogP contribution in [0, 0.1) is 0 Å². The first-order valence-electron chi connectivity index (χ1n) is 2.54. The normalized spacial score (nSPS) is 6.60. The monoisotopic (exact) mass is 148 g/mol. The van der Waals surface area contributed by atoms with Gasteiger partial charge >= 0.3 is 29.6 Å². The molecule has 1 N–H and O–H groups in total. The fraction of sp³-hybridized carbons (Fsp3) is 0.143. The van der Waals surface area contributed by atoms with Crippen LogP contribution in [0.25, 0.3) is 0 Å². The molecule has 0 saturated heterocycles. The zero-order valence-corrected chi connectivity index (χ0v) is 8.24. The second-order valence-electron chi connectivity index (χ2n) is 1.34. The van der Waals surface area contributed by atoms with Crippen LogP contribution in [-0.4, -0.2) is 12.2 Å². The number of phenols is 1. The minimum absolute atomic E-state index is 0. The predicted molar refractivity (Wildman–Crippen MR) is 34.0 cm³/mol. The summed E-state index contributed by atoms with van der Waals surface area (Å²) >= 11 is 0. The Labute approximate surface area is 82.8 Å². The van der Waals surface area contributed by atoms with Gasteiger partial charge in [0.25, 0.3) is 0 Å². The van der Waals surface area contributed by atoms with Gasteiger partial charge in [-0.25, -0.2) is 0 Å². The van der Waals surface area contributed by atoms with Crippen LogP contribution in [-0.2, 0) is 0 Å². The molecule has 0 spiro atoms. The molecule has 2 nitrogen and oxygen atoms in total. The van der Waals surface area contributed by atoms with Crippen molar-refractivity contribution in [1.29, 1.82) is 0 Å². The van der Waals surface area contributed by atoms with Crippen LogP contribution in [0.15, 0.2) is 30.3 Å². The van der Waals surface area contributed by atoms with E-state index in [2.05, 4.69) is 0 Å². The molecule has 0 unspecified atom stereocenters. The number of para-hydroxylation sites is 1. The first-order valence-corrected chi connectivity index (χ1v) is 2.54. The molecule has 1 aromatic carbocycles. The van der Waals surface area contributed by atoms with Crippen molar-refractivity contribution < 1.29 is 39.8 Å². The van der Waals surface area contributed by atoms with Gasteiger partial charge in [0.1, 0.15) is 5.75 Å². The second-order valence-corrected chi connectivity index (χ2v) is 1.34. The molecular formula is C7H9NaO2. The van der Waals surface area contributed by atoms with Crippen LogP contribution < -0.4 is 34.7 Å². The van der Waals surface area contributed by atoms with E-state index in [4.69, 9.17) is 10.2 Å². The molecule has 1 rings (SSSR count). The maximum absolute atomic E-state index is 8.63. The Bertz CT molecular complexity index is 142. The van der Waals surface area contributed by atoms with E-state index < -0.39 is 0 Å². The summed E-state index contributed by atoms with van der Waals surface area (Å²) in [5, 5.41) is 16.9. The minimum atomic E-state index is 0. The Morgan fingerprint density at radius 1 is 1.10 bits per heavy atom. The summed E-state index contributed by atoms with van der Waals surface area (Å²) < 4.78 is 0. The van der Waals surface area contributed by atoms with Crippen molar-refractivity contribution in [3.05, 3.63) is 30.3 Å². The summed E-state index contributed by atoms with van der Waals surface area (Å²) in [5.74, 6) is 0.322. The summed E-state index contributed by atoms with van der Waals surface area (Å²) in [6.07, 6.45) is 0. The molecule has 0 fully saturated rings. The van der Waals surface area contributed by atoms with Crippen LogP contribution in [0.5, 0.6) is 5.75 Å².